The van der Waals surface area contributed by atoms with Gasteiger partial charge in [0.15, 0.2) is 0 Å². The first kappa shape index (κ1) is 20.5. The van der Waals surface area contributed by atoms with Crippen molar-refractivity contribution >= 4 is 17.3 Å². The SMILES string of the molecule is COc1ccc(C)cc1NC(=O)/C(C#N)=C\Nc1ccc(Oc2ccccc2)cc1. The largest absolute Gasteiger partial charge is 0.495 e. The Bertz CT molecular complexity index is 1080. The first-order valence-electron chi connectivity index (χ1n) is 9.25. The summed E-state index contributed by atoms with van der Waals surface area (Å²) in [6, 6.07) is 24.0. The van der Waals surface area contributed by atoms with E-state index in [-0.39, 0.29) is 5.57 Å². The van der Waals surface area contributed by atoms with E-state index in [9.17, 15) is 10.1 Å². The molecule has 0 aliphatic rings. The van der Waals surface area contributed by atoms with Gasteiger partial charge in [0, 0.05) is 11.9 Å². The number of hydrogen-bond donors (Lipinski definition) is 2. The van der Waals surface area contributed by atoms with E-state index in [0.29, 0.717) is 22.9 Å². The highest BCUT2D eigenvalue weighted by atomic mass is 16.5. The number of nitrogens with zero attached hydrogens (tertiary/aromatic N) is 1. The molecule has 0 atom stereocenters. The fourth-order valence-electron chi connectivity index (χ4n) is 2.66. The molecule has 6 heteroatoms. The Morgan fingerprint density at radius 3 is 2.37 bits per heavy atom. The topological polar surface area (TPSA) is 83.4 Å². The van der Waals surface area contributed by atoms with E-state index in [4.69, 9.17) is 9.47 Å². The van der Waals surface area contributed by atoms with Crippen LogP contribution in [0.5, 0.6) is 17.2 Å². The summed E-state index contributed by atoms with van der Waals surface area (Å²) in [5.41, 5.74) is 2.11. The van der Waals surface area contributed by atoms with Crippen molar-refractivity contribution in [2.45, 2.75) is 6.92 Å². The van der Waals surface area contributed by atoms with E-state index in [1.165, 1.54) is 13.3 Å². The average Bonchev–Trinajstić information content (AvgIpc) is 2.76. The summed E-state index contributed by atoms with van der Waals surface area (Å²) in [5, 5.41) is 15.0. The average molecular weight is 399 g/mol. The number of anilines is 2. The second-order valence-electron chi connectivity index (χ2n) is 6.41. The van der Waals surface area contributed by atoms with Gasteiger partial charge in [-0.1, -0.05) is 24.3 Å². The number of carbonyl (C=O) groups is 1. The third-order valence-corrected chi connectivity index (χ3v) is 4.18. The first-order chi connectivity index (χ1) is 14.6. The van der Waals surface area contributed by atoms with Crippen molar-refractivity contribution in [3.8, 4) is 23.3 Å². The Morgan fingerprint density at radius 2 is 1.70 bits per heavy atom. The van der Waals surface area contributed by atoms with Gasteiger partial charge in [-0.25, -0.2) is 0 Å². The summed E-state index contributed by atoms with van der Waals surface area (Å²) in [6.07, 6.45) is 1.37. The van der Waals surface area contributed by atoms with E-state index in [1.54, 1.807) is 36.4 Å². The molecule has 1 amide bonds. The monoisotopic (exact) mass is 399 g/mol. The first-order valence-corrected chi connectivity index (χ1v) is 9.25. The number of nitriles is 1. The van der Waals surface area contributed by atoms with Gasteiger partial charge in [-0.2, -0.15) is 5.26 Å². The van der Waals surface area contributed by atoms with E-state index in [0.717, 1.165) is 11.3 Å². The highest BCUT2D eigenvalue weighted by Gasteiger charge is 2.12. The lowest BCUT2D eigenvalue weighted by atomic mass is 10.2. The number of carbonyl (C=O) groups excluding carboxylic acids is 1. The molecule has 3 rings (SSSR count). The zero-order valence-electron chi connectivity index (χ0n) is 16.7. The van der Waals surface area contributed by atoms with Crippen LogP contribution in [0.2, 0.25) is 0 Å². The van der Waals surface area contributed by atoms with Gasteiger partial charge >= 0.3 is 0 Å². The second-order valence-corrected chi connectivity index (χ2v) is 6.41. The molecule has 0 fully saturated rings. The number of hydrogen-bond acceptors (Lipinski definition) is 5. The van der Waals surface area contributed by atoms with E-state index < -0.39 is 5.91 Å². The normalized spacial score (nSPS) is 10.6. The molecule has 150 valence electrons. The van der Waals surface area contributed by atoms with Gasteiger partial charge in [0.25, 0.3) is 5.91 Å². The lowest BCUT2D eigenvalue weighted by Gasteiger charge is -2.11. The molecule has 0 aliphatic heterocycles. The number of amides is 1. The van der Waals surface area contributed by atoms with Crippen molar-refractivity contribution in [3.05, 3.63) is 90.1 Å². The van der Waals surface area contributed by atoms with Crippen LogP contribution in [-0.4, -0.2) is 13.0 Å². The predicted molar refractivity (Wildman–Crippen MR) is 117 cm³/mol. The van der Waals surface area contributed by atoms with Crippen LogP contribution in [0.3, 0.4) is 0 Å². The number of para-hydroxylation sites is 1. The maximum Gasteiger partial charge on any atom is 0.267 e. The highest BCUT2D eigenvalue weighted by Crippen LogP contribution is 2.26. The molecule has 3 aromatic rings. The van der Waals surface area contributed by atoms with Gasteiger partial charge in [0.1, 0.15) is 28.9 Å². The number of rotatable bonds is 7. The van der Waals surface area contributed by atoms with Crippen LogP contribution < -0.4 is 20.1 Å². The van der Waals surface area contributed by atoms with Crippen LogP contribution in [-0.2, 0) is 4.79 Å². The van der Waals surface area contributed by atoms with Gasteiger partial charge in [-0.05, 0) is 61.0 Å². The molecule has 0 spiro atoms. The molecule has 0 aliphatic carbocycles. The second kappa shape index (κ2) is 9.80. The Kier molecular flexibility index (Phi) is 6.70. The number of nitrogens with one attached hydrogen (secondary N) is 2. The van der Waals surface area contributed by atoms with E-state index in [2.05, 4.69) is 10.6 Å². The minimum atomic E-state index is -0.530. The summed E-state index contributed by atoms with van der Waals surface area (Å²) < 4.78 is 11.0. The van der Waals surface area contributed by atoms with Crippen molar-refractivity contribution in [1.29, 1.82) is 5.26 Å². The minimum Gasteiger partial charge on any atom is -0.495 e. The van der Waals surface area contributed by atoms with Crippen molar-refractivity contribution in [3.63, 3.8) is 0 Å². The molecule has 0 heterocycles. The lowest BCUT2D eigenvalue weighted by Crippen LogP contribution is -2.15. The summed E-state index contributed by atoms with van der Waals surface area (Å²) >= 11 is 0. The van der Waals surface area contributed by atoms with Crippen LogP contribution in [0.4, 0.5) is 11.4 Å². The van der Waals surface area contributed by atoms with Gasteiger partial charge in [-0.15, -0.1) is 0 Å². The predicted octanol–water partition coefficient (Wildman–Crippen LogP) is 5.25. The molecular formula is C24H21N3O3. The molecular weight excluding hydrogens is 378 g/mol. The fraction of sp³-hybridized carbons (Fsp3) is 0.0833. The van der Waals surface area contributed by atoms with E-state index in [1.807, 2.05) is 49.4 Å². The standard InChI is InChI=1S/C24H21N3O3/c1-17-8-13-23(29-2)22(14-17)27-24(28)18(15-25)16-26-19-9-11-21(12-10-19)30-20-6-4-3-5-7-20/h3-14,16,26H,1-2H3,(H,27,28)/b18-16-. The summed E-state index contributed by atoms with van der Waals surface area (Å²) in [6.45, 7) is 1.91. The molecule has 0 aromatic heterocycles. The van der Waals surface area contributed by atoms with Gasteiger partial charge in [0.2, 0.25) is 0 Å². The van der Waals surface area contributed by atoms with Crippen molar-refractivity contribution in [1.82, 2.24) is 0 Å². The number of methoxy groups -OCH3 is 1. The molecule has 0 unspecified atom stereocenters. The zero-order valence-corrected chi connectivity index (χ0v) is 16.7. The fourth-order valence-corrected chi connectivity index (χ4v) is 2.66. The van der Waals surface area contributed by atoms with Crippen molar-refractivity contribution in [2.75, 3.05) is 17.7 Å². The molecule has 6 nitrogen and oxygen atoms in total. The van der Waals surface area contributed by atoms with Crippen LogP contribution in [0.15, 0.2) is 84.6 Å². The summed E-state index contributed by atoms with van der Waals surface area (Å²) in [5.74, 6) is 1.42. The summed E-state index contributed by atoms with van der Waals surface area (Å²) in [4.78, 5) is 12.5. The maximum atomic E-state index is 12.5. The van der Waals surface area contributed by atoms with Crippen LogP contribution in [0.1, 0.15) is 5.56 Å². The molecule has 30 heavy (non-hydrogen) atoms. The number of ether oxygens (including phenoxy) is 2. The number of benzene rings is 3. The summed E-state index contributed by atoms with van der Waals surface area (Å²) in [7, 11) is 1.52. The molecule has 0 saturated heterocycles. The van der Waals surface area contributed by atoms with Gasteiger partial charge in [-0.3, -0.25) is 4.79 Å². The third kappa shape index (κ3) is 5.40. The number of aryl methyl sites for hydroxylation is 1. The van der Waals surface area contributed by atoms with Gasteiger partial charge < -0.3 is 20.1 Å². The van der Waals surface area contributed by atoms with Crippen LogP contribution in [0.25, 0.3) is 0 Å². The zero-order chi connectivity index (χ0) is 21.3. The molecule has 2 N–H and O–H groups in total. The molecule has 0 radical (unpaired) electrons. The quantitative estimate of drug-likeness (QED) is 0.419. The Hall–Kier alpha value is -4.24. The Morgan fingerprint density at radius 1 is 1.00 bits per heavy atom. The van der Waals surface area contributed by atoms with Crippen molar-refractivity contribution in [2.24, 2.45) is 0 Å². The molecule has 0 bridgehead atoms. The molecule has 3 aromatic carbocycles. The van der Waals surface area contributed by atoms with Crippen LogP contribution >= 0.6 is 0 Å². The van der Waals surface area contributed by atoms with Gasteiger partial charge in [0.05, 0.1) is 12.8 Å². The smallest absolute Gasteiger partial charge is 0.267 e. The van der Waals surface area contributed by atoms with E-state index >= 15 is 0 Å². The Balaban J connectivity index is 1.66. The Labute approximate surface area is 175 Å². The minimum absolute atomic E-state index is 0.0665. The molecule has 0 saturated carbocycles. The maximum absolute atomic E-state index is 12.5. The van der Waals surface area contributed by atoms with Crippen molar-refractivity contribution < 1.29 is 14.3 Å². The lowest BCUT2D eigenvalue weighted by molar-refractivity contribution is -0.112. The highest BCUT2D eigenvalue weighted by molar-refractivity contribution is 6.07. The third-order valence-electron chi connectivity index (χ3n) is 4.18. The van der Waals surface area contributed by atoms with Crippen LogP contribution in [0, 0.1) is 18.3 Å².